The Labute approximate surface area is 68.8 Å². The molecule has 5 heteroatoms. The van der Waals surface area contributed by atoms with Gasteiger partial charge >= 0.3 is 0 Å². The molecule has 8 N–H and O–H groups in total. The number of hydrazine groups is 1. The number of likely N-dealkylation sites (N-methyl/N-ethyl adjacent to an activating group) is 1. The van der Waals surface area contributed by atoms with Crippen molar-refractivity contribution >= 4 is 0 Å². The molecule has 0 atom stereocenters. The van der Waals surface area contributed by atoms with Crippen LogP contribution in [0.2, 0.25) is 0 Å². The van der Waals surface area contributed by atoms with Crippen LogP contribution in [0.1, 0.15) is 13.8 Å². The largest absolute Gasteiger partial charge is 0.412 e. The minimum atomic E-state index is 0. The second-order valence-corrected chi connectivity index (χ2v) is 1.82. The van der Waals surface area contributed by atoms with E-state index in [0.717, 1.165) is 26.2 Å². The number of nitrogens with two attached hydrogens (primary N) is 3. The highest BCUT2D eigenvalue weighted by atomic mass is 16.0. The van der Waals surface area contributed by atoms with E-state index >= 15 is 0 Å². The van der Waals surface area contributed by atoms with E-state index in [2.05, 4.69) is 30.4 Å². The molecule has 0 spiro atoms. The van der Waals surface area contributed by atoms with Crippen LogP contribution in [0.3, 0.4) is 0 Å². The van der Waals surface area contributed by atoms with Crippen LogP contribution in [0, 0.1) is 0 Å². The highest BCUT2D eigenvalue weighted by Crippen LogP contribution is 1.81. The number of hydrogen-bond donors (Lipinski definition) is 3. The smallest absolute Gasteiger partial charge is 0.0104 e. The summed E-state index contributed by atoms with van der Waals surface area (Å²) in [6.07, 6.45) is 0. The van der Waals surface area contributed by atoms with Gasteiger partial charge in [0.25, 0.3) is 0 Å². The lowest BCUT2D eigenvalue weighted by Gasteiger charge is -2.15. The molecule has 0 unspecified atom stereocenters. The van der Waals surface area contributed by atoms with Crippen molar-refractivity contribution in [2.24, 2.45) is 17.4 Å². The highest BCUT2D eigenvalue weighted by molar-refractivity contribution is 4.50. The van der Waals surface area contributed by atoms with Gasteiger partial charge in [0.2, 0.25) is 0 Å². The standard InChI is InChI=1S/C6H16N2.H4N2.H2O/c1-3-8(4-2)6-5-7;1-2;/h3-7H2,1-2H3;1-2H2;1H2. The summed E-state index contributed by atoms with van der Waals surface area (Å²) in [6.45, 7) is 8.36. The summed E-state index contributed by atoms with van der Waals surface area (Å²) < 4.78 is 0. The number of hydrogen-bond acceptors (Lipinski definition) is 4. The lowest BCUT2D eigenvalue weighted by molar-refractivity contribution is 0.312. The van der Waals surface area contributed by atoms with Crippen LogP contribution >= 0.6 is 0 Å². The zero-order valence-electron chi connectivity index (χ0n) is 7.51. The molecule has 0 heterocycles. The van der Waals surface area contributed by atoms with Gasteiger partial charge in [-0.05, 0) is 13.1 Å². The third-order valence-electron chi connectivity index (χ3n) is 1.34. The van der Waals surface area contributed by atoms with E-state index in [9.17, 15) is 0 Å². The maximum absolute atomic E-state index is 5.34. The topological polar surface area (TPSA) is 113 Å². The maximum atomic E-state index is 5.34. The van der Waals surface area contributed by atoms with E-state index < -0.39 is 0 Å². The minimum absolute atomic E-state index is 0. The van der Waals surface area contributed by atoms with Gasteiger partial charge in [0.05, 0.1) is 0 Å². The minimum Gasteiger partial charge on any atom is -0.412 e. The normalized spacial score (nSPS) is 8.18. The molecule has 0 saturated heterocycles. The van der Waals surface area contributed by atoms with Gasteiger partial charge in [-0.15, -0.1) is 0 Å². The first-order valence-electron chi connectivity index (χ1n) is 3.60. The van der Waals surface area contributed by atoms with Gasteiger partial charge in [-0.2, -0.15) is 0 Å². The quantitative estimate of drug-likeness (QED) is 0.340. The van der Waals surface area contributed by atoms with E-state index in [1.54, 1.807) is 0 Å². The molecule has 72 valence electrons. The predicted octanol–water partition coefficient (Wildman–Crippen LogP) is -1.72. The molecule has 0 aliphatic heterocycles. The SMILES string of the molecule is CCN(CC)CCN.NN.O. The van der Waals surface area contributed by atoms with Crippen molar-refractivity contribution < 1.29 is 5.48 Å². The molecule has 0 bridgehead atoms. The maximum Gasteiger partial charge on any atom is 0.0104 e. The van der Waals surface area contributed by atoms with E-state index in [1.807, 2.05) is 0 Å². The second kappa shape index (κ2) is 16.4. The summed E-state index contributed by atoms with van der Waals surface area (Å²) >= 11 is 0. The Balaban J connectivity index is -0.000000196. The Bertz CT molecular complexity index is 49.8. The van der Waals surface area contributed by atoms with Crippen molar-refractivity contribution in [2.75, 3.05) is 26.2 Å². The average Bonchev–Trinajstić information content (AvgIpc) is 2.04. The van der Waals surface area contributed by atoms with Crippen molar-refractivity contribution in [1.29, 1.82) is 0 Å². The Hall–Kier alpha value is -0.200. The third-order valence-corrected chi connectivity index (χ3v) is 1.34. The molecule has 0 aliphatic rings. The van der Waals surface area contributed by atoms with Gasteiger partial charge < -0.3 is 16.1 Å². The molecule has 0 radical (unpaired) electrons. The summed E-state index contributed by atoms with van der Waals surface area (Å²) in [6, 6.07) is 0. The van der Waals surface area contributed by atoms with Crippen molar-refractivity contribution in [1.82, 2.24) is 4.90 Å². The third kappa shape index (κ3) is 12.9. The molecule has 0 rings (SSSR count). The van der Waals surface area contributed by atoms with E-state index in [4.69, 9.17) is 5.73 Å². The van der Waals surface area contributed by atoms with Crippen molar-refractivity contribution in [3.63, 3.8) is 0 Å². The average molecular weight is 166 g/mol. The summed E-state index contributed by atoms with van der Waals surface area (Å²) in [4.78, 5) is 2.31. The molecule has 0 aromatic carbocycles. The number of nitrogens with zero attached hydrogens (tertiary/aromatic N) is 1. The second-order valence-electron chi connectivity index (χ2n) is 1.82. The zero-order chi connectivity index (χ0) is 8.41. The first-order valence-corrected chi connectivity index (χ1v) is 3.60. The zero-order valence-corrected chi connectivity index (χ0v) is 7.51. The van der Waals surface area contributed by atoms with E-state index in [0.29, 0.717) is 0 Å². The van der Waals surface area contributed by atoms with Gasteiger partial charge in [0.15, 0.2) is 0 Å². The molecular weight excluding hydrogens is 144 g/mol. The van der Waals surface area contributed by atoms with Crippen LogP contribution in [0.15, 0.2) is 0 Å². The van der Waals surface area contributed by atoms with Crippen LogP contribution < -0.4 is 17.4 Å². The summed E-state index contributed by atoms with van der Waals surface area (Å²) in [7, 11) is 0. The van der Waals surface area contributed by atoms with Crippen molar-refractivity contribution in [3.05, 3.63) is 0 Å². The highest BCUT2D eigenvalue weighted by Gasteiger charge is 1.92. The van der Waals surface area contributed by atoms with E-state index in [-0.39, 0.29) is 5.48 Å². The Morgan fingerprint density at radius 2 is 1.45 bits per heavy atom. The van der Waals surface area contributed by atoms with Gasteiger partial charge in [-0.3, -0.25) is 11.7 Å². The Morgan fingerprint density at radius 1 is 1.09 bits per heavy atom. The summed E-state index contributed by atoms with van der Waals surface area (Å²) in [5.41, 5.74) is 5.34. The monoisotopic (exact) mass is 166 g/mol. The fourth-order valence-corrected chi connectivity index (χ4v) is 0.722. The molecule has 0 saturated carbocycles. The number of rotatable bonds is 4. The van der Waals surface area contributed by atoms with Crippen LogP contribution in [-0.2, 0) is 0 Å². The first-order chi connectivity index (χ1) is 4.85. The molecule has 5 nitrogen and oxygen atoms in total. The lowest BCUT2D eigenvalue weighted by Crippen LogP contribution is -2.28. The fourth-order valence-electron chi connectivity index (χ4n) is 0.722. The van der Waals surface area contributed by atoms with E-state index in [1.165, 1.54) is 0 Å². The molecule has 0 aromatic heterocycles. The predicted molar refractivity (Wildman–Crippen MR) is 48.8 cm³/mol. The van der Waals surface area contributed by atoms with Crippen LogP contribution in [0.25, 0.3) is 0 Å². The molecule has 11 heavy (non-hydrogen) atoms. The molecular formula is C6H22N4O. The van der Waals surface area contributed by atoms with Crippen LogP contribution in [0.4, 0.5) is 0 Å². The lowest BCUT2D eigenvalue weighted by atomic mass is 10.5. The Kier molecular flexibility index (Phi) is 25.4. The fraction of sp³-hybridized carbons (Fsp3) is 1.00. The summed E-state index contributed by atoms with van der Waals surface area (Å²) in [5.74, 6) is 8.00. The first kappa shape index (κ1) is 17.0. The Morgan fingerprint density at radius 3 is 1.55 bits per heavy atom. The van der Waals surface area contributed by atoms with Gasteiger partial charge in [0, 0.05) is 13.1 Å². The van der Waals surface area contributed by atoms with Crippen LogP contribution in [0.5, 0.6) is 0 Å². The van der Waals surface area contributed by atoms with Crippen molar-refractivity contribution in [2.45, 2.75) is 13.8 Å². The molecule has 0 amide bonds. The summed E-state index contributed by atoms with van der Waals surface area (Å²) in [5, 5.41) is 0. The molecule has 0 aromatic rings. The van der Waals surface area contributed by atoms with Gasteiger partial charge in [-0.25, -0.2) is 0 Å². The van der Waals surface area contributed by atoms with Crippen molar-refractivity contribution in [3.8, 4) is 0 Å². The van der Waals surface area contributed by atoms with Crippen LogP contribution in [-0.4, -0.2) is 36.6 Å². The molecule has 0 fully saturated rings. The van der Waals surface area contributed by atoms with Gasteiger partial charge in [-0.1, -0.05) is 13.8 Å². The molecule has 0 aliphatic carbocycles. The van der Waals surface area contributed by atoms with Gasteiger partial charge in [0.1, 0.15) is 0 Å².